The average molecular weight is 264 g/mol. The molecular formula is C17H32N2. The lowest BCUT2D eigenvalue weighted by molar-refractivity contribution is 0.202. The maximum atomic E-state index is 3.69. The van der Waals surface area contributed by atoms with Gasteiger partial charge in [-0.1, -0.05) is 26.7 Å². The van der Waals surface area contributed by atoms with E-state index in [1.165, 1.54) is 64.2 Å². The summed E-state index contributed by atoms with van der Waals surface area (Å²) in [4.78, 5) is 0. The van der Waals surface area contributed by atoms with Gasteiger partial charge in [0.25, 0.3) is 0 Å². The van der Waals surface area contributed by atoms with Crippen molar-refractivity contribution in [3.05, 3.63) is 0 Å². The van der Waals surface area contributed by atoms with Crippen LogP contribution in [0, 0.1) is 17.3 Å². The quantitative estimate of drug-likeness (QED) is 0.749. The average Bonchev–Trinajstić information content (AvgIpc) is 3.05. The van der Waals surface area contributed by atoms with Crippen LogP contribution in [0.1, 0.15) is 78.1 Å². The van der Waals surface area contributed by atoms with Crippen molar-refractivity contribution >= 4 is 0 Å². The van der Waals surface area contributed by atoms with Crippen molar-refractivity contribution in [2.24, 2.45) is 17.3 Å². The molecule has 0 saturated heterocycles. The molecule has 0 bridgehead atoms. The SMILES string of the molecule is CCC1CCC(NN[C@H]2CCCC3(CC3C)C2)CC1. The molecule has 0 aromatic heterocycles. The lowest BCUT2D eigenvalue weighted by Gasteiger charge is -2.34. The topological polar surface area (TPSA) is 24.1 Å². The lowest BCUT2D eigenvalue weighted by Crippen LogP contribution is -2.49. The van der Waals surface area contributed by atoms with Crippen molar-refractivity contribution in [3.8, 4) is 0 Å². The van der Waals surface area contributed by atoms with E-state index >= 15 is 0 Å². The molecule has 2 nitrogen and oxygen atoms in total. The van der Waals surface area contributed by atoms with Crippen molar-refractivity contribution in [1.82, 2.24) is 10.9 Å². The van der Waals surface area contributed by atoms with Crippen molar-refractivity contribution in [3.63, 3.8) is 0 Å². The molecule has 0 aromatic carbocycles. The molecule has 0 radical (unpaired) electrons. The molecule has 19 heavy (non-hydrogen) atoms. The number of hydrogen-bond acceptors (Lipinski definition) is 2. The molecule has 3 aliphatic carbocycles. The van der Waals surface area contributed by atoms with Gasteiger partial charge in [0, 0.05) is 12.1 Å². The summed E-state index contributed by atoms with van der Waals surface area (Å²) in [6.07, 6.45) is 14.2. The van der Waals surface area contributed by atoms with E-state index in [0.717, 1.165) is 29.3 Å². The summed E-state index contributed by atoms with van der Waals surface area (Å²) in [7, 11) is 0. The number of hydrogen-bond donors (Lipinski definition) is 2. The van der Waals surface area contributed by atoms with E-state index in [0.29, 0.717) is 0 Å². The molecule has 0 amide bonds. The van der Waals surface area contributed by atoms with Gasteiger partial charge in [0.05, 0.1) is 0 Å². The van der Waals surface area contributed by atoms with Gasteiger partial charge in [0.2, 0.25) is 0 Å². The summed E-state index contributed by atoms with van der Waals surface area (Å²) in [5.41, 5.74) is 8.10. The largest absolute Gasteiger partial charge is 0.255 e. The van der Waals surface area contributed by atoms with E-state index in [1.54, 1.807) is 0 Å². The highest BCUT2D eigenvalue weighted by Crippen LogP contribution is 2.60. The third kappa shape index (κ3) is 3.16. The van der Waals surface area contributed by atoms with Crippen LogP contribution in [0.5, 0.6) is 0 Å². The standard InChI is InChI=1S/C17H32N2/c1-3-14-6-8-15(9-7-14)18-19-16-5-4-10-17(12-16)11-13(17)2/h13-16,18-19H,3-12H2,1-2H3/t13?,14?,15?,16-,17?/m0/s1. The fourth-order valence-electron chi connectivity index (χ4n) is 4.65. The highest BCUT2D eigenvalue weighted by molar-refractivity contribution is 5.04. The Morgan fingerprint density at radius 3 is 2.26 bits per heavy atom. The molecular weight excluding hydrogens is 232 g/mol. The van der Waals surface area contributed by atoms with Gasteiger partial charge in [-0.25, -0.2) is 0 Å². The Morgan fingerprint density at radius 1 is 0.947 bits per heavy atom. The van der Waals surface area contributed by atoms with Crippen LogP contribution >= 0.6 is 0 Å². The second-order valence-electron chi connectivity index (χ2n) is 7.68. The summed E-state index contributed by atoms with van der Waals surface area (Å²) in [6.45, 7) is 4.79. The van der Waals surface area contributed by atoms with E-state index in [1.807, 2.05) is 0 Å². The number of rotatable bonds is 4. The van der Waals surface area contributed by atoms with Gasteiger partial charge in [-0.15, -0.1) is 0 Å². The van der Waals surface area contributed by atoms with E-state index < -0.39 is 0 Å². The second kappa shape index (κ2) is 5.73. The smallest absolute Gasteiger partial charge is 0.0218 e. The zero-order chi connectivity index (χ0) is 13.3. The molecule has 2 N–H and O–H groups in total. The van der Waals surface area contributed by atoms with Crippen LogP contribution in [0.4, 0.5) is 0 Å². The molecule has 3 rings (SSSR count). The Balaban J connectivity index is 1.38. The van der Waals surface area contributed by atoms with Gasteiger partial charge in [0.15, 0.2) is 0 Å². The van der Waals surface area contributed by atoms with Crippen LogP contribution in [0.3, 0.4) is 0 Å². The molecule has 0 aliphatic heterocycles. The normalized spacial score (nSPS) is 46.4. The summed E-state index contributed by atoms with van der Waals surface area (Å²) < 4.78 is 0. The fraction of sp³-hybridized carbons (Fsp3) is 1.00. The summed E-state index contributed by atoms with van der Waals surface area (Å²) in [5, 5.41) is 0. The molecule has 2 heteroatoms. The van der Waals surface area contributed by atoms with Crippen LogP contribution in [0.2, 0.25) is 0 Å². The van der Waals surface area contributed by atoms with Crippen LogP contribution in [-0.4, -0.2) is 12.1 Å². The maximum absolute atomic E-state index is 3.69. The zero-order valence-electron chi connectivity index (χ0n) is 12.9. The minimum absolute atomic E-state index is 0.734. The first kappa shape index (κ1) is 13.9. The van der Waals surface area contributed by atoms with Gasteiger partial charge in [0.1, 0.15) is 0 Å². The predicted molar refractivity (Wildman–Crippen MR) is 80.8 cm³/mol. The monoisotopic (exact) mass is 264 g/mol. The minimum atomic E-state index is 0.734. The Bertz CT molecular complexity index is 296. The van der Waals surface area contributed by atoms with Crippen molar-refractivity contribution < 1.29 is 0 Å². The van der Waals surface area contributed by atoms with Gasteiger partial charge in [-0.2, -0.15) is 0 Å². The van der Waals surface area contributed by atoms with Crippen LogP contribution in [0.15, 0.2) is 0 Å². The van der Waals surface area contributed by atoms with E-state index in [2.05, 4.69) is 24.7 Å². The first-order chi connectivity index (χ1) is 9.22. The van der Waals surface area contributed by atoms with E-state index in [4.69, 9.17) is 0 Å². The van der Waals surface area contributed by atoms with Crippen LogP contribution < -0.4 is 10.9 Å². The molecule has 3 fully saturated rings. The Morgan fingerprint density at radius 2 is 1.63 bits per heavy atom. The molecule has 1 spiro atoms. The fourth-order valence-corrected chi connectivity index (χ4v) is 4.65. The number of hydrazine groups is 1. The molecule has 0 aromatic rings. The number of nitrogens with one attached hydrogen (secondary N) is 2. The van der Waals surface area contributed by atoms with E-state index in [-0.39, 0.29) is 0 Å². The first-order valence-electron chi connectivity index (χ1n) is 8.73. The Hall–Kier alpha value is -0.0800. The zero-order valence-corrected chi connectivity index (χ0v) is 12.9. The third-order valence-corrected chi connectivity index (χ3v) is 6.39. The summed E-state index contributed by atoms with van der Waals surface area (Å²) in [6, 6.07) is 1.47. The molecule has 110 valence electrons. The van der Waals surface area contributed by atoms with Crippen LogP contribution in [0.25, 0.3) is 0 Å². The molecule has 3 atom stereocenters. The van der Waals surface area contributed by atoms with Crippen molar-refractivity contribution in [1.29, 1.82) is 0 Å². The summed E-state index contributed by atoms with van der Waals surface area (Å²) in [5.74, 6) is 2.00. The van der Waals surface area contributed by atoms with Crippen molar-refractivity contribution in [2.75, 3.05) is 0 Å². The second-order valence-corrected chi connectivity index (χ2v) is 7.68. The lowest BCUT2D eigenvalue weighted by atomic mass is 9.81. The first-order valence-corrected chi connectivity index (χ1v) is 8.73. The summed E-state index contributed by atoms with van der Waals surface area (Å²) >= 11 is 0. The predicted octanol–water partition coefficient (Wildman–Crippen LogP) is 4.02. The Kier molecular flexibility index (Phi) is 4.19. The van der Waals surface area contributed by atoms with Gasteiger partial charge in [-0.3, -0.25) is 10.9 Å². The molecule has 0 heterocycles. The van der Waals surface area contributed by atoms with Gasteiger partial charge in [-0.05, 0) is 68.6 Å². The molecule has 3 aliphatic rings. The maximum Gasteiger partial charge on any atom is 0.0218 e. The minimum Gasteiger partial charge on any atom is -0.255 e. The molecule has 3 saturated carbocycles. The van der Waals surface area contributed by atoms with Gasteiger partial charge < -0.3 is 0 Å². The Labute approximate surface area is 119 Å². The molecule has 2 unspecified atom stereocenters. The van der Waals surface area contributed by atoms with Crippen molar-refractivity contribution in [2.45, 2.75) is 90.1 Å². The van der Waals surface area contributed by atoms with Gasteiger partial charge >= 0.3 is 0 Å². The van der Waals surface area contributed by atoms with E-state index in [9.17, 15) is 0 Å². The third-order valence-electron chi connectivity index (χ3n) is 6.39. The highest BCUT2D eigenvalue weighted by atomic mass is 15.4. The van der Waals surface area contributed by atoms with Crippen LogP contribution in [-0.2, 0) is 0 Å². The highest BCUT2D eigenvalue weighted by Gasteiger charge is 2.52.